The van der Waals surface area contributed by atoms with Gasteiger partial charge >= 0.3 is 5.97 Å². The molecule has 1 aliphatic carbocycles. The van der Waals surface area contributed by atoms with Crippen LogP contribution in [0.1, 0.15) is 47.7 Å². The van der Waals surface area contributed by atoms with E-state index in [-0.39, 0.29) is 48.7 Å². The van der Waals surface area contributed by atoms with Gasteiger partial charge in [0.1, 0.15) is 17.3 Å². The van der Waals surface area contributed by atoms with Crippen molar-refractivity contribution in [1.29, 1.82) is 0 Å². The van der Waals surface area contributed by atoms with Crippen LogP contribution in [0.3, 0.4) is 0 Å². The molecule has 0 radical (unpaired) electrons. The van der Waals surface area contributed by atoms with E-state index in [2.05, 4.69) is 9.97 Å². The molecule has 3 rings (SSSR count). The summed E-state index contributed by atoms with van der Waals surface area (Å²) >= 11 is 0. The van der Waals surface area contributed by atoms with Gasteiger partial charge in [0.25, 0.3) is 0 Å². The number of carboxylic acid groups (broad SMARTS) is 1. The lowest BCUT2D eigenvalue weighted by molar-refractivity contribution is -0.0385. The Balaban J connectivity index is 1.92. The normalized spacial score (nSPS) is 17.4. The van der Waals surface area contributed by atoms with Crippen LogP contribution in [0, 0.1) is 5.82 Å². The van der Waals surface area contributed by atoms with E-state index in [0.717, 1.165) is 12.1 Å². The molecule has 1 aromatic carbocycles. The highest BCUT2D eigenvalue weighted by molar-refractivity contribution is 5.88. The fourth-order valence-corrected chi connectivity index (χ4v) is 2.99. The van der Waals surface area contributed by atoms with Gasteiger partial charge < -0.3 is 10.8 Å². The Bertz CT molecular complexity index is 817. The van der Waals surface area contributed by atoms with Crippen LogP contribution < -0.4 is 5.73 Å². The highest BCUT2D eigenvalue weighted by Crippen LogP contribution is 2.40. The van der Waals surface area contributed by atoms with Crippen molar-refractivity contribution >= 4 is 11.8 Å². The maximum atomic E-state index is 13.9. The zero-order valence-corrected chi connectivity index (χ0v) is 13.2. The number of nitrogens with two attached hydrogens (primary N) is 1. The summed E-state index contributed by atoms with van der Waals surface area (Å²) in [7, 11) is 0. The highest BCUT2D eigenvalue weighted by Gasteiger charge is 2.36. The molecule has 0 amide bonds. The Kier molecular flexibility index (Phi) is 4.36. The molecule has 3 N–H and O–H groups in total. The van der Waals surface area contributed by atoms with E-state index in [1.54, 1.807) is 0 Å². The molecule has 1 fully saturated rings. The third-order valence-electron chi connectivity index (χ3n) is 4.43. The van der Waals surface area contributed by atoms with E-state index in [1.165, 1.54) is 12.3 Å². The Labute approximate surface area is 141 Å². The summed E-state index contributed by atoms with van der Waals surface area (Å²) in [6, 6.07) is 3.55. The summed E-state index contributed by atoms with van der Waals surface area (Å²) in [6.07, 6.45) is 1.62. The third kappa shape index (κ3) is 3.57. The van der Waals surface area contributed by atoms with Gasteiger partial charge in [0.15, 0.2) is 0 Å². The van der Waals surface area contributed by atoms with Gasteiger partial charge in [-0.05, 0) is 25.0 Å². The molecule has 0 bridgehead atoms. The van der Waals surface area contributed by atoms with Crippen molar-refractivity contribution < 1.29 is 23.1 Å². The first-order chi connectivity index (χ1) is 11.8. The first-order valence-corrected chi connectivity index (χ1v) is 7.80. The van der Waals surface area contributed by atoms with E-state index >= 15 is 0 Å². The number of anilines is 1. The van der Waals surface area contributed by atoms with Crippen LogP contribution in [0.4, 0.5) is 19.0 Å². The van der Waals surface area contributed by atoms with Crippen molar-refractivity contribution in [3.05, 3.63) is 41.5 Å². The van der Waals surface area contributed by atoms with E-state index in [9.17, 15) is 18.0 Å². The fourth-order valence-electron chi connectivity index (χ4n) is 2.99. The van der Waals surface area contributed by atoms with E-state index < -0.39 is 23.3 Å². The van der Waals surface area contributed by atoms with Gasteiger partial charge in [0.05, 0.1) is 17.5 Å². The second-order valence-corrected chi connectivity index (χ2v) is 6.16. The summed E-state index contributed by atoms with van der Waals surface area (Å²) in [5.41, 5.74) is 6.38. The Morgan fingerprint density at radius 2 is 1.96 bits per heavy atom. The van der Waals surface area contributed by atoms with Crippen LogP contribution in [0.25, 0.3) is 11.3 Å². The molecule has 0 atom stereocenters. The van der Waals surface area contributed by atoms with Gasteiger partial charge in [-0.2, -0.15) is 0 Å². The van der Waals surface area contributed by atoms with Crippen molar-refractivity contribution in [2.24, 2.45) is 0 Å². The molecule has 0 spiro atoms. The number of aromatic nitrogens is 2. The average molecular weight is 351 g/mol. The molecule has 0 saturated heterocycles. The van der Waals surface area contributed by atoms with Crippen LogP contribution in [0.2, 0.25) is 0 Å². The van der Waals surface area contributed by atoms with Gasteiger partial charge in [0, 0.05) is 24.3 Å². The van der Waals surface area contributed by atoms with Crippen LogP contribution in [0.5, 0.6) is 0 Å². The average Bonchev–Trinajstić information content (AvgIpc) is 2.55. The summed E-state index contributed by atoms with van der Waals surface area (Å²) in [4.78, 5) is 19.3. The minimum absolute atomic E-state index is 0.0624. The van der Waals surface area contributed by atoms with Gasteiger partial charge in [-0.15, -0.1) is 0 Å². The first-order valence-electron chi connectivity index (χ1n) is 7.80. The molecule has 1 heterocycles. The Hall–Kier alpha value is -2.64. The molecule has 0 aliphatic heterocycles. The molecule has 1 aromatic heterocycles. The highest BCUT2D eigenvalue weighted by atomic mass is 19.3. The molecule has 5 nitrogen and oxygen atoms in total. The Morgan fingerprint density at radius 3 is 2.56 bits per heavy atom. The standard InChI is InChI=1S/C17H16F3N3O2/c18-12-7-10(1-2-11(12)16(24)25)14-15(21)22-8-13(23-14)9-3-5-17(19,20)6-4-9/h1-2,7-9H,3-6H2,(H2,21,22)(H,24,25). The predicted molar refractivity (Wildman–Crippen MR) is 85.0 cm³/mol. The largest absolute Gasteiger partial charge is 0.478 e. The minimum Gasteiger partial charge on any atom is -0.478 e. The number of benzene rings is 1. The Morgan fingerprint density at radius 1 is 1.28 bits per heavy atom. The third-order valence-corrected chi connectivity index (χ3v) is 4.43. The van der Waals surface area contributed by atoms with Crippen molar-refractivity contribution in [1.82, 2.24) is 9.97 Å². The van der Waals surface area contributed by atoms with E-state index in [0.29, 0.717) is 5.69 Å². The van der Waals surface area contributed by atoms with Crippen molar-refractivity contribution in [2.75, 3.05) is 5.73 Å². The van der Waals surface area contributed by atoms with E-state index in [1.807, 2.05) is 0 Å². The van der Waals surface area contributed by atoms with E-state index in [4.69, 9.17) is 10.8 Å². The summed E-state index contributed by atoms with van der Waals surface area (Å²) in [6.45, 7) is 0. The summed E-state index contributed by atoms with van der Waals surface area (Å²) < 4.78 is 40.5. The minimum atomic E-state index is -2.64. The van der Waals surface area contributed by atoms with Gasteiger partial charge in [-0.3, -0.25) is 0 Å². The number of halogens is 3. The number of alkyl halides is 2. The maximum absolute atomic E-state index is 13.9. The monoisotopic (exact) mass is 351 g/mol. The topological polar surface area (TPSA) is 89.1 Å². The number of hydrogen-bond donors (Lipinski definition) is 2. The van der Waals surface area contributed by atoms with Crippen LogP contribution in [-0.4, -0.2) is 27.0 Å². The molecular formula is C17H16F3N3O2. The number of nitrogens with zero attached hydrogens (tertiary/aromatic N) is 2. The van der Waals surface area contributed by atoms with Gasteiger partial charge in [0.2, 0.25) is 5.92 Å². The van der Waals surface area contributed by atoms with Crippen LogP contribution in [-0.2, 0) is 0 Å². The number of carbonyl (C=O) groups is 1. The van der Waals surface area contributed by atoms with Crippen LogP contribution in [0.15, 0.2) is 24.4 Å². The van der Waals surface area contributed by atoms with Crippen molar-refractivity contribution in [3.63, 3.8) is 0 Å². The first kappa shape index (κ1) is 17.2. The van der Waals surface area contributed by atoms with Crippen molar-refractivity contribution in [2.45, 2.75) is 37.5 Å². The number of hydrogen-bond acceptors (Lipinski definition) is 4. The lowest BCUT2D eigenvalue weighted by atomic mass is 9.85. The number of nitrogen functional groups attached to an aromatic ring is 1. The lowest BCUT2D eigenvalue weighted by Gasteiger charge is -2.27. The quantitative estimate of drug-likeness (QED) is 0.877. The molecule has 1 saturated carbocycles. The molecule has 8 heteroatoms. The SMILES string of the molecule is Nc1ncc(C2CCC(F)(F)CC2)nc1-c1ccc(C(=O)O)c(F)c1. The number of aromatic carboxylic acids is 1. The van der Waals surface area contributed by atoms with Crippen molar-refractivity contribution in [3.8, 4) is 11.3 Å². The molecular weight excluding hydrogens is 335 g/mol. The summed E-state index contributed by atoms with van der Waals surface area (Å²) in [5.74, 6) is -5.02. The molecule has 1 aliphatic rings. The fraction of sp³-hybridized carbons (Fsp3) is 0.353. The molecule has 0 unspecified atom stereocenters. The smallest absolute Gasteiger partial charge is 0.338 e. The zero-order valence-electron chi connectivity index (χ0n) is 13.2. The van der Waals surface area contributed by atoms with Gasteiger partial charge in [-0.25, -0.2) is 27.9 Å². The number of carboxylic acids is 1. The molecule has 25 heavy (non-hydrogen) atoms. The maximum Gasteiger partial charge on any atom is 0.338 e. The predicted octanol–water partition coefficient (Wildman–Crippen LogP) is 3.86. The zero-order chi connectivity index (χ0) is 18.2. The second kappa shape index (κ2) is 6.34. The summed E-state index contributed by atoms with van der Waals surface area (Å²) in [5, 5.41) is 8.88. The lowest BCUT2D eigenvalue weighted by Crippen LogP contribution is -2.24. The molecule has 2 aromatic rings. The van der Waals surface area contributed by atoms with Crippen LogP contribution >= 0.6 is 0 Å². The molecule has 132 valence electrons. The van der Waals surface area contributed by atoms with Gasteiger partial charge in [-0.1, -0.05) is 6.07 Å². The number of rotatable bonds is 3. The second-order valence-electron chi connectivity index (χ2n) is 6.16.